The van der Waals surface area contributed by atoms with Gasteiger partial charge in [-0.25, -0.2) is 0 Å². The lowest BCUT2D eigenvalue weighted by atomic mass is 10.0. The third kappa shape index (κ3) is 2.93. The minimum absolute atomic E-state index is 0.511. The Labute approximate surface area is 116 Å². The minimum Gasteiger partial charge on any atom is -0.381 e. The van der Waals surface area contributed by atoms with Crippen molar-refractivity contribution in [3.8, 4) is 0 Å². The zero-order valence-electron chi connectivity index (χ0n) is 11.3. The molecule has 1 N–H and O–H groups in total. The van der Waals surface area contributed by atoms with Gasteiger partial charge in [-0.1, -0.05) is 18.2 Å². The molecule has 0 aromatic heterocycles. The number of nitrogens with one attached hydrogen (secondary N) is 1. The monoisotopic (exact) mass is 274 g/mol. The molecule has 0 aliphatic heterocycles. The van der Waals surface area contributed by atoms with Gasteiger partial charge < -0.3 is 5.32 Å². The third-order valence-electron chi connectivity index (χ3n) is 3.26. The van der Waals surface area contributed by atoms with Gasteiger partial charge in [0, 0.05) is 24.4 Å². The number of nitro benzene ring substituents is 1. The van der Waals surface area contributed by atoms with Crippen LogP contribution in [0.25, 0.3) is 0 Å². The Balaban J connectivity index is 2.16. The van der Waals surface area contributed by atoms with Crippen molar-refractivity contribution in [1.82, 2.24) is 0 Å². The van der Waals surface area contributed by atoms with E-state index in [4.69, 9.17) is 0 Å². The molecule has 0 saturated carbocycles. The maximum Gasteiger partial charge on any atom is 0.304 e. The summed E-state index contributed by atoms with van der Waals surface area (Å²) < 4.78 is 13.5. The van der Waals surface area contributed by atoms with Gasteiger partial charge in [-0.2, -0.15) is 4.39 Å². The maximum atomic E-state index is 13.5. The van der Waals surface area contributed by atoms with E-state index in [1.165, 1.54) is 12.1 Å². The number of anilines is 1. The first-order valence-corrected chi connectivity index (χ1v) is 6.22. The first-order valence-electron chi connectivity index (χ1n) is 6.22. The normalized spacial score (nSPS) is 10.3. The van der Waals surface area contributed by atoms with Gasteiger partial charge in [-0.3, -0.25) is 10.1 Å². The first-order chi connectivity index (χ1) is 9.49. The molecule has 0 amide bonds. The minimum atomic E-state index is -0.832. The van der Waals surface area contributed by atoms with Crippen molar-refractivity contribution in [2.24, 2.45) is 0 Å². The highest BCUT2D eigenvalue weighted by Gasteiger charge is 2.13. The van der Waals surface area contributed by atoms with Crippen molar-refractivity contribution >= 4 is 11.4 Å². The highest BCUT2D eigenvalue weighted by atomic mass is 19.1. The van der Waals surface area contributed by atoms with Crippen molar-refractivity contribution in [3.63, 3.8) is 0 Å². The van der Waals surface area contributed by atoms with E-state index in [0.29, 0.717) is 12.2 Å². The second-order valence-corrected chi connectivity index (χ2v) is 4.65. The Kier molecular flexibility index (Phi) is 3.98. The third-order valence-corrected chi connectivity index (χ3v) is 3.26. The molecule has 0 radical (unpaired) electrons. The fourth-order valence-corrected chi connectivity index (χ4v) is 2.08. The predicted octanol–water partition coefficient (Wildman–Crippen LogP) is 3.96. The molecule has 0 saturated heterocycles. The number of benzene rings is 2. The topological polar surface area (TPSA) is 55.2 Å². The summed E-state index contributed by atoms with van der Waals surface area (Å²) in [6.07, 6.45) is 0. The van der Waals surface area contributed by atoms with Crippen LogP contribution in [-0.4, -0.2) is 4.92 Å². The van der Waals surface area contributed by atoms with Crippen molar-refractivity contribution in [1.29, 1.82) is 0 Å². The summed E-state index contributed by atoms with van der Waals surface area (Å²) in [5.41, 5.74) is 3.46. The number of aryl methyl sites for hydroxylation is 2. The molecule has 2 rings (SSSR count). The van der Waals surface area contributed by atoms with Crippen LogP contribution in [0, 0.1) is 29.8 Å². The highest BCUT2D eigenvalue weighted by molar-refractivity contribution is 5.50. The first kappa shape index (κ1) is 14.0. The van der Waals surface area contributed by atoms with Crippen LogP contribution in [0.2, 0.25) is 0 Å². The Morgan fingerprint density at radius 1 is 1.20 bits per heavy atom. The molecule has 2 aromatic rings. The van der Waals surface area contributed by atoms with Crippen molar-refractivity contribution in [2.45, 2.75) is 20.4 Å². The molecule has 5 heteroatoms. The molecule has 0 bridgehead atoms. The summed E-state index contributed by atoms with van der Waals surface area (Å²) in [5.74, 6) is -0.832. The van der Waals surface area contributed by atoms with Gasteiger partial charge in [0.15, 0.2) is 0 Å². The lowest BCUT2D eigenvalue weighted by molar-refractivity contribution is -0.387. The zero-order valence-corrected chi connectivity index (χ0v) is 11.3. The SMILES string of the molecule is Cc1cccc(C)c1CNc1ccc([N+](=O)[O-])c(F)c1. The highest BCUT2D eigenvalue weighted by Crippen LogP contribution is 2.22. The van der Waals surface area contributed by atoms with E-state index in [-0.39, 0.29) is 0 Å². The summed E-state index contributed by atoms with van der Waals surface area (Å²) in [6, 6.07) is 9.84. The molecule has 0 atom stereocenters. The van der Waals surface area contributed by atoms with Crippen LogP contribution in [0.15, 0.2) is 36.4 Å². The molecular weight excluding hydrogens is 259 g/mol. The van der Waals surface area contributed by atoms with Crippen LogP contribution in [0.3, 0.4) is 0 Å². The van der Waals surface area contributed by atoms with E-state index >= 15 is 0 Å². The molecule has 2 aromatic carbocycles. The van der Waals surface area contributed by atoms with Gasteiger partial charge in [0.25, 0.3) is 0 Å². The average molecular weight is 274 g/mol. The van der Waals surface area contributed by atoms with E-state index in [9.17, 15) is 14.5 Å². The van der Waals surface area contributed by atoms with Crippen LogP contribution >= 0.6 is 0 Å². The maximum absolute atomic E-state index is 13.5. The van der Waals surface area contributed by atoms with Crippen LogP contribution in [-0.2, 0) is 6.54 Å². The average Bonchev–Trinajstić information content (AvgIpc) is 2.37. The molecule has 0 aliphatic rings. The second-order valence-electron chi connectivity index (χ2n) is 4.65. The Bertz CT molecular complexity index is 636. The van der Waals surface area contributed by atoms with Gasteiger partial charge >= 0.3 is 5.69 Å². The summed E-state index contributed by atoms with van der Waals surface area (Å²) in [5, 5.41) is 13.6. The van der Waals surface area contributed by atoms with Crippen molar-refractivity contribution in [3.05, 3.63) is 69.0 Å². The van der Waals surface area contributed by atoms with Gasteiger partial charge in [0.1, 0.15) is 0 Å². The quantitative estimate of drug-likeness (QED) is 0.678. The zero-order chi connectivity index (χ0) is 14.7. The summed E-state index contributed by atoms with van der Waals surface area (Å²) in [4.78, 5) is 9.82. The number of halogens is 1. The number of hydrogen-bond acceptors (Lipinski definition) is 3. The summed E-state index contributed by atoms with van der Waals surface area (Å²) in [6.45, 7) is 4.58. The van der Waals surface area contributed by atoms with Gasteiger partial charge in [-0.05, 0) is 36.6 Å². The molecule has 4 nitrogen and oxygen atoms in total. The molecule has 0 unspecified atom stereocenters. The lowest BCUT2D eigenvalue weighted by Gasteiger charge is -2.12. The van der Waals surface area contributed by atoms with E-state index in [1.807, 2.05) is 32.0 Å². The molecule has 0 fully saturated rings. The van der Waals surface area contributed by atoms with Crippen molar-refractivity contribution < 1.29 is 9.31 Å². The smallest absolute Gasteiger partial charge is 0.304 e. The fourth-order valence-electron chi connectivity index (χ4n) is 2.08. The van der Waals surface area contributed by atoms with Crippen LogP contribution in [0.1, 0.15) is 16.7 Å². The Morgan fingerprint density at radius 2 is 1.85 bits per heavy atom. The van der Waals surface area contributed by atoms with Crippen molar-refractivity contribution in [2.75, 3.05) is 5.32 Å². The van der Waals surface area contributed by atoms with Gasteiger partial charge in [0.2, 0.25) is 5.82 Å². The van der Waals surface area contributed by atoms with Gasteiger partial charge in [-0.15, -0.1) is 0 Å². The van der Waals surface area contributed by atoms with Crippen LogP contribution in [0.4, 0.5) is 15.8 Å². The van der Waals surface area contributed by atoms with E-state index in [2.05, 4.69) is 5.32 Å². The molecule has 0 aliphatic carbocycles. The number of nitrogens with zero attached hydrogens (tertiary/aromatic N) is 1. The molecule has 104 valence electrons. The van der Waals surface area contributed by atoms with Crippen LogP contribution < -0.4 is 5.32 Å². The number of hydrogen-bond donors (Lipinski definition) is 1. The van der Waals surface area contributed by atoms with E-state index < -0.39 is 16.4 Å². The number of nitro groups is 1. The standard InChI is InChI=1S/C15H15FN2O2/c1-10-4-3-5-11(2)13(10)9-17-12-6-7-15(18(19)20)14(16)8-12/h3-8,17H,9H2,1-2H3. The lowest BCUT2D eigenvalue weighted by Crippen LogP contribution is -2.04. The number of rotatable bonds is 4. The largest absolute Gasteiger partial charge is 0.381 e. The van der Waals surface area contributed by atoms with E-state index in [1.54, 1.807) is 0 Å². The Morgan fingerprint density at radius 3 is 2.40 bits per heavy atom. The van der Waals surface area contributed by atoms with Crippen LogP contribution in [0.5, 0.6) is 0 Å². The fraction of sp³-hybridized carbons (Fsp3) is 0.200. The predicted molar refractivity (Wildman–Crippen MR) is 76.3 cm³/mol. The van der Waals surface area contributed by atoms with E-state index in [0.717, 1.165) is 22.8 Å². The molecule has 20 heavy (non-hydrogen) atoms. The summed E-state index contributed by atoms with van der Waals surface area (Å²) in [7, 11) is 0. The molecule has 0 heterocycles. The second kappa shape index (κ2) is 5.69. The Hall–Kier alpha value is -2.43. The summed E-state index contributed by atoms with van der Waals surface area (Å²) >= 11 is 0. The molecule has 0 spiro atoms. The van der Waals surface area contributed by atoms with Gasteiger partial charge in [0.05, 0.1) is 4.92 Å². The molecular formula is C15H15FN2O2.